The highest BCUT2D eigenvalue weighted by Gasteiger charge is 2.18. The monoisotopic (exact) mass is 269 g/mol. The van der Waals surface area contributed by atoms with Crippen molar-refractivity contribution in [1.82, 2.24) is 0 Å². The number of nitriles is 1. The minimum absolute atomic E-state index is 0.0604. The summed E-state index contributed by atoms with van der Waals surface area (Å²) in [6, 6.07) is 5.46. The van der Waals surface area contributed by atoms with E-state index in [1.807, 2.05) is 19.9 Å². The molecule has 0 radical (unpaired) electrons. The van der Waals surface area contributed by atoms with Crippen molar-refractivity contribution < 1.29 is 12.8 Å². The van der Waals surface area contributed by atoms with Crippen molar-refractivity contribution in [1.29, 1.82) is 5.26 Å². The molecule has 0 aliphatic heterocycles. The molecule has 0 saturated carbocycles. The number of nitrogens with zero attached hydrogens (tertiary/aromatic N) is 1. The molecule has 1 unspecified atom stereocenters. The van der Waals surface area contributed by atoms with Crippen molar-refractivity contribution >= 4 is 9.84 Å². The van der Waals surface area contributed by atoms with Crippen LogP contribution in [0.5, 0.6) is 0 Å². The Morgan fingerprint density at radius 3 is 2.67 bits per heavy atom. The van der Waals surface area contributed by atoms with Gasteiger partial charge in [-0.3, -0.25) is 0 Å². The average molecular weight is 269 g/mol. The molecule has 0 bridgehead atoms. The Bertz CT molecular complexity index is 561. The quantitative estimate of drug-likeness (QED) is 0.825. The SMILES string of the molecule is CCC(C)CS(=O)(=O)Cc1cc(F)ccc1C#N. The van der Waals surface area contributed by atoms with Gasteiger partial charge in [0, 0.05) is 0 Å². The molecule has 0 spiro atoms. The molecule has 1 atom stereocenters. The van der Waals surface area contributed by atoms with Gasteiger partial charge in [0.25, 0.3) is 0 Å². The molecule has 1 aromatic rings. The van der Waals surface area contributed by atoms with Crippen LogP contribution in [0.3, 0.4) is 0 Å². The van der Waals surface area contributed by atoms with Crippen LogP contribution in [-0.2, 0) is 15.6 Å². The van der Waals surface area contributed by atoms with Crippen LogP contribution >= 0.6 is 0 Å². The maximum Gasteiger partial charge on any atom is 0.154 e. The topological polar surface area (TPSA) is 57.9 Å². The summed E-state index contributed by atoms with van der Waals surface area (Å²) in [5, 5.41) is 8.87. The second-order valence-corrected chi connectivity index (χ2v) is 6.59. The molecule has 0 aliphatic carbocycles. The van der Waals surface area contributed by atoms with Crippen molar-refractivity contribution in [2.24, 2.45) is 5.92 Å². The molecule has 0 saturated heterocycles. The average Bonchev–Trinajstić information content (AvgIpc) is 2.28. The first-order valence-electron chi connectivity index (χ1n) is 5.77. The molecule has 1 aromatic carbocycles. The van der Waals surface area contributed by atoms with Crippen LogP contribution in [0.25, 0.3) is 0 Å². The molecule has 5 heteroatoms. The van der Waals surface area contributed by atoms with Gasteiger partial charge in [0.05, 0.1) is 23.1 Å². The summed E-state index contributed by atoms with van der Waals surface area (Å²) in [5.41, 5.74) is 0.449. The van der Waals surface area contributed by atoms with Crippen molar-refractivity contribution in [2.45, 2.75) is 26.0 Å². The van der Waals surface area contributed by atoms with Gasteiger partial charge in [-0.2, -0.15) is 5.26 Å². The predicted molar refractivity (Wildman–Crippen MR) is 68.1 cm³/mol. The zero-order valence-corrected chi connectivity index (χ0v) is 11.3. The summed E-state index contributed by atoms with van der Waals surface area (Å²) >= 11 is 0. The second kappa shape index (κ2) is 5.96. The molecular formula is C13H16FNO2S. The number of rotatable bonds is 5. The third kappa shape index (κ3) is 4.11. The van der Waals surface area contributed by atoms with Crippen LogP contribution in [0.2, 0.25) is 0 Å². The fraction of sp³-hybridized carbons (Fsp3) is 0.462. The van der Waals surface area contributed by atoms with Gasteiger partial charge < -0.3 is 0 Å². The Balaban J connectivity index is 2.97. The van der Waals surface area contributed by atoms with Gasteiger partial charge in [0.15, 0.2) is 9.84 Å². The number of hydrogen-bond donors (Lipinski definition) is 0. The van der Waals surface area contributed by atoms with Crippen LogP contribution in [0.1, 0.15) is 31.4 Å². The van der Waals surface area contributed by atoms with Crippen molar-refractivity contribution in [3.63, 3.8) is 0 Å². The lowest BCUT2D eigenvalue weighted by molar-refractivity contribution is 0.563. The third-order valence-corrected chi connectivity index (χ3v) is 4.63. The van der Waals surface area contributed by atoms with E-state index in [1.54, 1.807) is 0 Å². The van der Waals surface area contributed by atoms with E-state index in [4.69, 9.17) is 5.26 Å². The number of halogens is 1. The summed E-state index contributed by atoms with van der Waals surface area (Å²) in [6.45, 7) is 3.78. The van der Waals surface area contributed by atoms with Crippen LogP contribution in [0.4, 0.5) is 4.39 Å². The van der Waals surface area contributed by atoms with E-state index in [1.165, 1.54) is 6.07 Å². The Labute approximate surface area is 107 Å². The van der Waals surface area contributed by atoms with Crippen LogP contribution in [0.15, 0.2) is 18.2 Å². The van der Waals surface area contributed by atoms with Gasteiger partial charge in [-0.25, -0.2) is 12.8 Å². The van der Waals surface area contributed by atoms with Crippen molar-refractivity contribution in [3.8, 4) is 6.07 Å². The minimum atomic E-state index is -3.31. The summed E-state index contributed by atoms with van der Waals surface area (Å²) in [7, 11) is -3.31. The van der Waals surface area contributed by atoms with E-state index >= 15 is 0 Å². The van der Waals surface area contributed by atoms with E-state index in [0.717, 1.165) is 18.6 Å². The maximum atomic E-state index is 13.1. The van der Waals surface area contributed by atoms with E-state index in [2.05, 4.69) is 0 Å². The molecule has 0 fully saturated rings. The van der Waals surface area contributed by atoms with Crippen molar-refractivity contribution in [2.75, 3.05) is 5.75 Å². The summed E-state index contributed by atoms with van der Waals surface area (Å²) in [4.78, 5) is 0. The van der Waals surface area contributed by atoms with Gasteiger partial charge in [-0.05, 0) is 29.7 Å². The maximum absolute atomic E-state index is 13.1. The lowest BCUT2D eigenvalue weighted by Crippen LogP contribution is -2.16. The van der Waals surface area contributed by atoms with Gasteiger partial charge in [-0.1, -0.05) is 20.3 Å². The Hall–Kier alpha value is -1.41. The first-order valence-corrected chi connectivity index (χ1v) is 7.59. The van der Waals surface area contributed by atoms with Gasteiger partial charge in [-0.15, -0.1) is 0 Å². The zero-order chi connectivity index (χ0) is 13.8. The molecule has 0 aromatic heterocycles. The number of sulfone groups is 1. The molecule has 18 heavy (non-hydrogen) atoms. The van der Waals surface area contributed by atoms with Gasteiger partial charge in [0.2, 0.25) is 0 Å². The van der Waals surface area contributed by atoms with E-state index < -0.39 is 15.7 Å². The molecule has 0 N–H and O–H groups in total. The first kappa shape index (κ1) is 14.7. The molecular weight excluding hydrogens is 253 g/mol. The molecule has 0 amide bonds. The lowest BCUT2D eigenvalue weighted by atomic mass is 10.1. The van der Waals surface area contributed by atoms with E-state index in [9.17, 15) is 12.8 Å². The summed E-state index contributed by atoms with van der Waals surface area (Å²) < 4.78 is 36.9. The molecule has 1 rings (SSSR count). The standard InChI is InChI=1S/C13H16FNO2S/c1-3-10(2)8-18(16,17)9-12-6-13(14)5-4-11(12)7-15/h4-6,10H,3,8-9H2,1-2H3. The fourth-order valence-corrected chi connectivity index (χ4v) is 3.57. The molecule has 98 valence electrons. The molecule has 0 heterocycles. The van der Waals surface area contributed by atoms with Gasteiger partial charge in [0.1, 0.15) is 5.82 Å². The number of benzene rings is 1. The molecule has 0 aliphatic rings. The smallest absolute Gasteiger partial charge is 0.154 e. The lowest BCUT2D eigenvalue weighted by Gasteiger charge is -2.10. The largest absolute Gasteiger partial charge is 0.228 e. The minimum Gasteiger partial charge on any atom is -0.228 e. The molecule has 3 nitrogen and oxygen atoms in total. The van der Waals surface area contributed by atoms with E-state index in [0.29, 0.717) is 0 Å². The highest BCUT2D eigenvalue weighted by atomic mass is 32.2. The van der Waals surface area contributed by atoms with Crippen LogP contribution in [0, 0.1) is 23.1 Å². The van der Waals surface area contributed by atoms with Crippen molar-refractivity contribution in [3.05, 3.63) is 35.1 Å². The Kier molecular flexibility index (Phi) is 4.85. The second-order valence-electron chi connectivity index (χ2n) is 4.48. The number of hydrogen-bond acceptors (Lipinski definition) is 3. The predicted octanol–water partition coefficient (Wildman–Crippen LogP) is 2.66. The first-order chi connectivity index (χ1) is 8.38. The summed E-state index contributed by atoms with van der Waals surface area (Å²) in [6.07, 6.45) is 0.771. The highest BCUT2D eigenvalue weighted by Crippen LogP contribution is 2.16. The zero-order valence-electron chi connectivity index (χ0n) is 10.5. The van der Waals surface area contributed by atoms with E-state index in [-0.39, 0.29) is 28.6 Å². The van der Waals surface area contributed by atoms with Crippen LogP contribution < -0.4 is 0 Å². The Morgan fingerprint density at radius 1 is 1.44 bits per heavy atom. The highest BCUT2D eigenvalue weighted by molar-refractivity contribution is 7.90. The third-order valence-electron chi connectivity index (χ3n) is 2.80. The van der Waals surface area contributed by atoms with Gasteiger partial charge >= 0.3 is 0 Å². The summed E-state index contributed by atoms with van der Waals surface area (Å²) in [5.74, 6) is -0.681. The fourth-order valence-electron chi connectivity index (χ4n) is 1.64. The van der Waals surface area contributed by atoms with Crippen LogP contribution in [-0.4, -0.2) is 14.2 Å². The Morgan fingerprint density at radius 2 is 2.11 bits per heavy atom. The normalized spacial score (nSPS) is 13.0.